The molecule has 13 heteroatoms. The predicted molar refractivity (Wildman–Crippen MR) is 237 cm³/mol. The molecule has 4 rings (SSSR count). The van der Waals surface area contributed by atoms with Gasteiger partial charge in [0, 0.05) is 18.0 Å². The van der Waals surface area contributed by atoms with Crippen LogP contribution >= 0.6 is 0 Å². The van der Waals surface area contributed by atoms with E-state index in [0.717, 1.165) is 23.1 Å². The Morgan fingerprint density at radius 2 is 1.56 bits per heavy atom. The van der Waals surface area contributed by atoms with E-state index in [4.69, 9.17) is 18.3 Å². The third-order valence-corrected chi connectivity index (χ3v) is 25.9. The first-order chi connectivity index (χ1) is 26.1. The van der Waals surface area contributed by atoms with Gasteiger partial charge in [-0.2, -0.15) is 0 Å². The number of carbonyl (C=O) groups excluding carboxylic acids is 1. The summed E-state index contributed by atoms with van der Waals surface area (Å²) in [6.07, 6.45) is 8.78. The number of esters is 1. The number of nitrogens with one attached hydrogen (secondary N) is 1. The number of fused-ring (bicyclic) bond motifs is 1. The molecule has 1 aliphatic carbocycles. The summed E-state index contributed by atoms with van der Waals surface area (Å²) in [5.41, 5.74) is 1.85. The fourth-order valence-electron chi connectivity index (χ4n) is 6.74. The maximum Gasteiger partial charge on any atom is 0.328 e. The molecule has 57 heavy (non-hydrogen) atoms. The summed E-state index contributed by atoms with van der Waals surface area (Å²) in [5.74, 6) is -1.28. The standard InChI is InChI=1S/C44H70N2O8Si3/c1-30-21-17-16-18-22-31-23-19-20-24-32(31)35(30)28-51-37(47)27-46-26-34(40(48)45-41(46)49)38-33(25-44(8,9)55(10,11)50)39(54-57(14,15)43(5,6)7)36(53-38)29-52-56(12,13)42(2,3)4/h16-21,23-24,26,33,35-36,38-39,50H,1,22,25,27-29H2,2-15H3,(H,45,48,49)/b18-16-,21-17-/t33-,35?,36-,38-,39?/m1/s1. The Hall–Kier alpha value is -2.92. The van der Waals surface area contributed by atoms with Gasteiger partial charge in [-0.3, -0.25) is 19.1 Å². The van der Waals surface area contributed by atoms with E-state index in [1.165, 1.54) is 10.8 Å². The lowest BCUT2D eigenvalue weighted by Crippen LogP contribution is -2.51. The van der Waals surface area contributed by atoms with Crippen molar-refractivity contribution in [2.75, 3.05) is 13.2 Å². The van der Waals surface area contributed by atoms with Gasteiger partial charge in [-0.1, -0.05) is 111 Å². The smallest absolute Gasteiger partial charge is 0.328 e. The van der Waals surface area contributed by atoms with E-state index in [1.807, 2.05) is 49.5 Å². The van der Waals surface area contributed by atoms with Gasteiger partial charge in [-0.05, 0) is 83.9 Å². The van der Waals surface area contributed by atoms with Crippen LogP contribution in [-0.2, 0) is 36.1 Å². The molecular formula is C44H70N2O8Si3. The molecular weight excluding hydrogens is 769 g/mol. The summed E-state index contributed by atoms with van der Waals surface area (Å²) in [4.78, 5) is 54.7. The third-order valence-electron chi connectivity index (χ3n) is 13.4. The van der Waals surface area contributed by atoms with Crippen LogP contribution in [0.1, 0.15) is 90.5 Å². The summed E-state index contributed by atoms with van der Waals surface area (Å²) in [7, 11) is -7.41. The van der Waals surface area contributed by atoms with Crippen molar-refractivity contribution >= 4 is 30.9 Å². The van der Waals surface area contributed by atoms with Crippen LogP contribution in [0.3, 0.4) is 0 Å². The summed E-state index contributed by atoms with van der Waals surface area (Å²) in [5, 5.41) is -0.670. The first-order valence-corrected chi connectivity index (χ1v) is 29.1. The molecule has 1 aromatic carbocycles. The lowest BCUT2D eigenvalue weighted by Gasteiger charge is -2.44. The normalized spacial score (nSPS) is 23.6. The number of ether oxygens (including phenoxy) is 2. The Kier molecular flexibility index (Phi) is 14.2. The Morgan fingerprint density at radius 1 is 0.930 bits per heavy atom. The van der Waals surface area contributed by atoms with Crippen LogP contribution in [0.15, 0.2) is 76.5 Å². The highest BCUT2D eigenvalue weighted by Crippen LogP contribution is 2.52. The van der Waals surface area contributed by atoms with Crippen molar-refractivity contribution in [2.24, 2.45) is 5.92 Å². The van der Waals surface area contributed by atoms with E-state index >= 15 is 0 Å². The Morgan fingerprint density at radius 3 is 2.18 bits per heavy atom. The van der Waals surface area contributed by atoms with Crippen molar-refractivity contribution in [2.45, 2.75) is 153 Å². The summed E-state index contributed by atoms with van der Waals surface area (Å²) >= 11 is 0. The lowest BCUT2D eigenvalue weighted by atomic mass is 9.85. The zero-order chi connectivity index (χ0) is 42.9. The molecule has 0 amide bonds. The monoisotopic (exact) mass is 838 g/mol. The van der Waals surface area contributed by atoms with E-state index in [2.05, 4.69) is 105 Å². The molecule has 1 fully saturated rings. The van der Waals surface area contributed by atoms with Crippen molar-refractivity contribution in [1.29, 1.82) is 0 Å². The van der Waals surface area contributed by atoms with Crippen LogP contribution in [0.2, 0.25) is 54.4 Å². The average Bonchev–Trinajstić information content (AvgIpc) is 3.41. The number of hydrogen-bond donors (Lipinski definition) is 2. The first-order valence-electron chi connectivity index (χ1n) is 20.3. The molecule has 0 saturated carbocycles. The summed E-state index contributed by atoms with van der Waals surface area (Å²) in [6, 6.07) is 8.03. The van der Waals surface area contributed by atoms with Gasteiger partial charge >= 0.3 is 11.7 Å². The molecule has 2 aliphatic rings. The summed E-state index contributed by atoms with van der Waals surface area (Å²) in [6.45, 7) is 34.1. The van der Waals surface area contributed by atoms with E-state index in [9.17, 15) is 19.2 Å². The highest BCUT2D eigenvalue weighted by molar-refractivity contribution is 6.74. The van der Waals surface area contributed by atoms with Crippen LogP contribution < -0.4 is 11.2 Å². The SMILES string of the molecule is C=C1/C=C\C=C/Cc2ccccc2C1COC(=O)Cn1cc([C@@H]2O[C@H](CO[Si](C)(C)C(C)(C)C)C(O[Si](C)(C)C(C)(C)C)[C@@H]2CC(C)(C)[Si](C)(C)O)c(=O)[nH]c1=O. The number of allylic oxidation sites excluding steroid dienone is 4. The van der Waals surface area contributed by atoms with Crippen LogP contribution in [0.4, 0.5) is 0 Å². The topological polar surface area (TPSA) is 129 Å². The minimum atomic E-state index is -2.76. The van der Waals surface area contributed by atoms with Gasteiger partial charge < -0.3 is 23.1 Å². The Labute approximate surface area is 344 Å². The second-order valence-corrected chi connectivity index (χ2v) is 34.3. The lowest BCUT2D eigenvalue weighted by molar-refractivity contribution is -0.144. The van der Waals surface area contributed by atoms with Crippen LogP contribution in [0.5, 0.6) is 0 Å². The van der Waals surface area contributed by atoms with Gasteiger partial charge in [0.2, 0.25) is 0 Å². The van der Waals surface area contributed by atoms with Crippen LogP contribution in [-0.4, -0.2) is 70.7 Å². The number of aromatic amines is 1. The van der Waals surface area contributed by atoms with Gasteiger partial charge in [0.1, 0.15) is 19.3 Å². The molecule has 2 heterocycles. The first kappa shape index (κ1) is 46.8. The van der Waals surface area contributed by atoms with Crippen molar-refractivity contribution in [3.05, 3.63) is 104 Å². The molecule has 1 aromatic heterocycles. The average molecular weight is 839 g/mol. The molecule has 0 radical (unpaired) electrons. The molecule has 0 bridgehead atoms. The second-order valence-electron chi connectivity index (χ2n) is 20.3. The maximum atomic E-state index is 13.9. The van der Waals surface area contributed by atoms with Crippen molar-refractivity contribution < 1.29 is 27.9 Å². The fraction of sp³-hybridized carbons (Fsp3) is 0.614. The molecule has 2 N–H and O–H groups in total. The molecule has 10 nitrogen and oxygen atoms in total. The summed E-state index contributed by atoms with van der Waals surface area (Å²) < 4.78 is 28.0. The second kappa shape index (κ2) is 17.4. The minimum Gasteiger partial charge on any atom is -0.463 e. The number of benzene rings is 1. The van der Waals surface area contributed by atoms with Gasteiger partial charge in [-0.15, -0.1) is 0 Å². The Bertz CT molecular complexity index is 1940. The van der Waals surface area contributed by atoms with Gasteiger partial charge in [0.25, 0.3) is 5.56 Å². The quantitative estimate of drug-likeness (QED) is 0.151. The zero-order valence-electron chi connectivity index (χ0n) is 37.1. The van der Waals surface area contributed by atoms with Crippen molar-refractivity contribution in [3.63, 3.8) is 0 Å². The number of nitrogens with zero attached hydrogens (tertiary/aromatic N) is 1. The number of aromatic nitrogens is 2. The van der Waals surface area contributed by atoms with E-state index in [0.29, 0.717) is 6.42 Å². The van der Waals surface area contributed by atoms with Crippen LogP contribution in [0, 0.1) is 5.92 Å². The molecule has 1 aliphatic heterocycles. The molecule has 0 spiro atoms. The fourth-order valence-corrected chi connectivity index (χ4v) is 9.84. The number of carbonyl (C=O) groups is 1. The van der Waals surface area contributed by atoms with E-state index in [1.54, 1.807) is 0 Å². The van der Waals surface area contributed by atoms with Crippen molar-refractivity contribution in [3.8, 4) is 0 Å². The number of rotatable bonds is 13. The molecule has 316 valence electrons. The highest BCUT2D eigenvalue weighted by Gasteiger charge is 2.54. The number of H-pyrrole nitrogens is 1. The molecule has 2 unspecified atom stereocenters. The third kappa shape index (κ3) is 11.0. The molecule has 5 atom stereocenters. The largest absolute Gasteiger partial charge is 0.463 e. The number of hydrogen-bond acceptors (Lipinski definition) is 8. The highest BCUT2D eigenvalue weighted by atomic mass is 28.4. The van der Waals surface area contributed by atoms with Gasteiger partial charge in [0.05, 0.1) is 24.4 Å². The minimum absolute atomic E-state index is 0.0378. The van der Waals surface area contributed by atoms with Crippen molar-refractivity contribution in [1.82, 2.24) is 9.55 Å². The van der Waals surface area contributed by atoms with Crippen LogP contribution in [0.25, 0.3) is 0 Å². The predicted octanol–water partition coefficient (Wildman–Crippen LogP) is 8.92. The van der Waals surface area contributed by atoms with E-state index < -0.39 is 72.1 Å². The Balaban J connectivity index is 1.73. The maximum absolute atomic E-state index is 13.9. The molecule has 2 aromatic rings. The van der Waals surface area contributed by atoms with Gasteiger partial charge in [0.15, 0.2) is 25.0 Å². The zero-order valence-corrected chi connectivity index (χ0v) is 40.1. The van der Waals surface area contributed by atoms with E-state index in [-0.39, 0.29) is 40.7 Å². The molecule has 1 saturated heterocycles. The van der Waals surface area contributed by atoms with Gasteiger partial charge in [-0.25, -0.2) is 4.79 Å².